The lowest BCUT2D eigenvalue weighted by atomic mass is 9.96. The van der Waals surface area contributed by atoms with E-state index in [0.29, 0.717) is 29.7 Å². The highest BCUT2D eigenvalue weighted by Crippen LogP contribution is 2.30. The maximum Gasteiger partial charge on any atom is 0.227 e. The third-order valence-corrected chi connectivity index (χ3v) is 8.85. The number of para-hydroxylation sites is 2. The number of benzene rings is 3. The first-order valence-electron chi connectivity index (χ1n) is 13.8. The van der Waals surface area contributed by atoms with Crippen molar-refractivity contribution in [2.75, 3.05) is 44.2 Å². The Hall–Kier alpha value is -2.77. The highest BCUT2D eigenvalue weighted by molar-refractivity contribution is 6.35. The first kappa shape index (κ1) is 27.4. The van der Waals surface area contributed by atoms with Crippen LogP contribution in [0.5, 0.6) is 0 Å². The number of anilines is 1. The highest BCUT2D eigenvalue weighted by Gasteiger charge is 2.32. The third-order valence-electron chi connectivity index (χ3n) is 8.05. The van der Waals surface area contributed by atoms with Gasteiger partial charge < -0.3 is 14.4 Å². The van der Waals surface area contributed by atoms with Crippen LogP contribution in [0.3, 0.4) is 0 Å². The molecule has 0 saturated carbocycles. The van der Waals surface area contributed by atoms with Crippen molar-refractivity contribution in [1.82, 2.24) is 19.4 Å². The van der Waals surface area contributed by atoms with Crippen LogP contribution in [0.2, 0.25) is 15.1 Å². The SMILES string of the molecule is O=C([C@H]1CCCN(Cc2nc3ccccc3n2Cc2ccc(Cl)cc2)C1)N1CCN(c2cc(Cl)ccc2Cl)CC1. The Kier molecular flexibility index (Phi) is 8.22. The first-order chi connectivity index (χ1) is 19.4. The smallest absolute Gasteiger partial charge is 0.227 e. The van der Waals surface area contributed by atoms with Gasteiger partial charge in [0, 0.05) is 49.3 Å². The molecule has 1 amide bonds. The van der Waals surface area contributed by atoms with Gasteiger partial charge in [-0.15, -0.1) is 0 Å². The molecule has 0 bridgehead atoms. The predicted octanol–water partition coefficient (Wildman–Crippen LogP) is 6.61. The number of hydrogen-bond acceptors (Lipinski definition) is 4. The summed E-state index contributed by atoms with van der Waals surface area (Å²) in [6, 6.07) is 21.8. The minimum Gasteiger partial charge on any atom is -0.367 e. The van der Waals surface area contributed by atoms with Crippen LogP contribution in [0.4, 0.5) is 5.69 Å². The summed E-state index contributed by atoms with van der Waals surface area (Å²) in [5, 5.41) is 2.09. The number of amides is 1. The second-order valence-corrected chi connectivity index (χ2v) is 12.0. The summed E-state index contributed by atoms with van der Waals surface area (Å²) in [6.45, 7) is 6.04. The molecule has 0 aliphatic carbocycles. The molecule has 0 N–H and O–H groups in total. The molecule has 6 nitrogen and oxygen atoms in total. The number of piperazine rings is 1. The van der Waals surface area contributed by atoms with Gasteiger partial charge in [-0.1, -0.05) is 59.1 Å². The summed E-state index contributed by atoms with van der Waals surface area (Å²) in [6.07, 6.45) is 1.93. The summed E-state index contributed by atoms with van der Waals surface area (Å²) in [5.41, 5.74) is 4.23. The molecule has 1 aromatic heterocycles. The Morgan fingerprint density at radius 2 is 1.60 bits per heavy atom. The summed E-state index contributed by atoms with van der Waals surface area (Å²) < 4.78 is 2.30. The zero-order chi connectivity index (χ0) is 27.6. The van der Waals surface area contributed by atoms with Crippen LogP contribution in [0, 0.1) is 5.92 Å². The Labute approximate surface area is 250 Å². The second-order valence-electron chi connectivity index (χ2n) is 10.7. The lowest BCUT2D eigenvalue weighted by molar-refractivity contribution is -0.137. The normalized spacial score (nSPS) is 18.4. The standard InChI is InChI=1S/C31H32Cl3N5O/c32-24-9-7-22(8-10-24)19-39-28-6-2-1-5-27(28)35-30(39)21-36-13-3-4-23(20-36)31(40)38-16-14-37(15-17-38)29-18-25(33)11-12-26(29)34/h1-2,5-12,18,23H,3-4,13-17,19-21H2/t23-/m0/s1. The highest BCUT2D eigenvalue weighted by atomic mass is 35.5. The predicted molar refractivity (Wildman–Crippen MR) is 164 cm³/mol. The molecular formula is C31H32Cl3N5O. The van der Waals surface area contributed by atoms with Crippen molar-refractivity contribution in [2.24, 2.45) is 5.92 Å². The molecule has 9 heteroatoms. The van der Waals surface area contributed by atoms with Crippen molar-refractivity contribution >= 4 is 57.4 Å². The fourth-order valence-electron chi connectivity index (χ4n) is 5.95. The molecule has 40 heavy (non-hydrogen) atoms. The number of carbonyl (C=O) groups excluding carboxylic acids is 1. The number of nitrogens with zero attached hydrogens (tertiary/aromatic N) is 5. The fourth-order valence-corrected chi connectivity index (χ4v) is 6.48. The molecule has 2 aliphatic heterocycles. The monoisotopic (exact) mass is 595 g/mol. The van der Waals surface area contributed by atoms with Crippen molar-refractivity contribution in [3.8, 4) is 0 Å². The van der Waals surface area contributed by atoms with Gasteiger partial charge >= 0.3 is 0 Å². The van der Waals surface area contributed by atoms with Crippen LogP contribution in [0.25, 0.3) is 11.0 Å². The number of aromatic nitrogens is 2. The van der Waals surface area contributed by atoms with E-state index in [1.165, 1.54) is 5.56 Å². The van der Waals surface area contributed by atoms with Gasteiger partial charge in [0.2, 0.25) is 5.91 Å². The zero-order valence-electron chi connectivity index (χ0n) is 22.3. The van der Waals surface area contributed by atoms with Gasteiger partial charge in [-0.3, -0.25) is 9.69 Å². The minimum absolute atomic E-state index is 0.00384. The Morgan fingerprint density at radius 1 is 0.850 bits per heavy atom. The molecule has 0 spiro atoms. The molecular weight excluding hydrogens is 565 g/mol. The average Bonchev–Trinajstić information content (AvgIpc) is 3.31. The van der Waals surface area contributed by atoms with E-state index >= 15 is 0 Å². The van der Waals surface area contributed by atoms with Crippen LogP contribution in [0.1, 0.15) is 24.2 Å². The Bertz CT molecular complexity index is 1500. The molecule has 2 saturated heterocycles. The number of hydrogen-bond donors (Lipinski definition) is 0. The quantitative estimate of drug-likeness (QED) is 0.251. The van der Waals surface area contributed by atoms with E-state index in [4.69, 9.17) is 39.8 Å². The third kappa shape index (κ3) is 5.96. The minimum atomic E-state index is 0.00384. The van der Waals surface area contributed by atoms with Crippen LogP contribution in [-0.4, -0.2) is 64.5 Å². The molecule has 2 aliphatic rings. The van der Waals surface area contributed by atoms with Crippen molar-refractivity contribution in [3.63, 3.8) is 0 Å². The van der Waals surface area contributed by atoms with E-state index < -0.39 is 0 Å². The van der Waals surface area contributed by atoms with Gasteiger partial charge in [0.1, 0.15) is 5.82 Å². The molecule has 208 valence electrons. The van der Waals surface area contributed by atoms with Gasteiger partial charge in [0.25, 0.3) is 0 Å². The average molecular weight is 597 g/mol. The summed E-state index contributed by atoms with van der Waals surface area (Å²) in [5.74, 6) is 1.29. The maximum atomic E-state index is 13.6. The Balaban J connectivity index is 1.12. The number of carbonyl (C=O) groups is 1. The number of likely N-dealkylation sites (tertiary alicyclic amines) is 1. The van der Waals surface area contributed by atoms with Crippen LogP contribution in [0.15, 0.2) is 66.7 Å². The van der Waals surface area contributed by atoms with Gasteiger partial charge in [-0.05, 0) is 67.4 Å². The molecule has 3 aromatic carbocycles. The Morgan fingerprint density at radius 3 is 2.40 bits per heavy atom. The van der Waals surface area contributed by atoms with Gasteiger partial charge in [0.05, 0.1) is 34.2 Å². The van der Waals surface area contributed by atoms with E-state index in [9.17, 15) is 4.79 Å². The molecule has 0 unspecified atom stereocenters. The van der Waals surface area contributed by atoms with Crippen LogP contribution in [-0.2, 0) is 17.9 Å². The summed E-state index contributed by atoms with van der Waals surface area (Å²) in [4.78, 5) is 25.2. The molecule has 6 rings (SSSR count). The number of fused-ring (bicyclic) bond motifs is 1. The summed E-state index contributed by atoms with van der Waals surface area (Å²) in [7, 11) is 0. The van der Waals surface area contributed by atoms with Gasteiger partial charge in [0.15, 0.2) is 0 Å². The van der Waals surface area contributed by atoms with E-state index in [0.717, 1.165) is 73.1 Å². The van der Waals surface area contributed by atoms with E-state index in [1.54, 1.807) is 6.07 Å². The lowest BCUT2D eigenvalue weighted by Crippen LogP contribution is -2.52. The van der Waals surface area contributed by atoms with Crippen LogP contribution >= 0.6 is 34.8 Å². The zero-order valence-corrected chi connectivity index (χ0v) is 24.5. The van der Waals surface area contributed by atoms with E-state index in [-0.39, 0.29) is 11.8 Å². The largest absolute Gasteiger partial charge is 0.367 e. The summed E-state index contributed by atoms with van der Waals surface area (Å²) >= 11 is 18.7. The molecule has 2 fully saturated rings. The van der Waals surface area contributed by atoms with Crippen molar-refractivity contribution in [2.45, 2.75) is 25.9 Å². The molecule has 3 heterocycles. The number of rotatable bonds is 6. The van der Waals surface area contributed by atoms with E-state index in [1.807, 2.05) is 35.2 Å². The lowest BCUT2D eigenvalue weighted by Gasteiger charge is -2.40. The van der Waals surface area contributed by atoms with Crippen LogP contribution < -0.4 is 4.90 Å². The van der Waals surface area contributed by atoms with Crippen molar-refractivity contribution in [3.05, 3.63) is 93.2 Å². The molecule has 4 aromatic rings. The number of imidazole rings is 1. The van der Waals surface area contributed by atoms with Crippen molar-refractivity contribution in [1.29, 1.82) is 0 Å². The molecule has 0 radical (unpaired) electrons. The van der Waals surface area contributed by atoms with Gasteiger partial charge in [-0.2, -0.15) is 0 Å². The topological polar surface area (TPSA) is 44.6 Å². The first-order valence-corrected chi connectivity index (χ1v) is 15.0. The second kappa shape index (κ2) is 12.0. The van der Waals surface area contributed by atoms with Crippen molar-refractivity contribution < 1.29 is 4.79 Å². The fraction of sp³-hybridized carbons (Fsp3) is 0.355. The van der Waals surface area contributed by atoms with E-state index in [2.05, 4.69) is 44.7 Å². The number of piperidine rings is 1. The number of halogens is 3. The van der Waals surface area contributed by atoms with Gasteiger partial charge in [-0.25, -0.2) is 4.98 Å². The molecule has 1 atom stereocenters. The maximum absolute atomic E-state index is 13.6.